The molecule has 0 N–H and O–H groups in total. The Morgan fingerprint density at radius 3 is 2.80 bits per heavy atom. The second kappa shape index (κ2) is 6.33. The van der Waals surface area contributed by atoms with Crippen LogP contribution in [0.3, 0.4) is 0 Å². The maximum absolute atomic E-state index is 13.6. The topological polar surface area (TPSA) is 32.8 Å². The normalized spacial score (nSPS) is 19.6. The first-order chi connectivity index (χ1) is 9.51. The molecule has 1 heterocycles. The molecule has 0 amide bonds. The second-order valence-corrected chi connectivity index (χ2v) is 5.41. The van der Waals surface area contributed by atoms with Crippen LogP contribution in [0.1, 0.15) is 16.8 Å². The lowest BCUT2D eigenvalue weighted by Crippen LogP contribution is -2.33. The Hall–Kier alpha value is -1.46. The van der Waals surface area contributed by atoms with Gasteiger partial charge in [-0.25, -0.2) is 4.39 Å². The van der Waals surface area contributed by atoms with Crippen molar-refractivity contribution in [3.63, 3.8) is 0 Å². The summed E-state index contributed by atoms with van der Waals surface area (Å²) in [7, 11) is 5.51. The second-order valence-electron chi connectivity index (χ2n) is 5.41. The Labute approximate surface area is 119 Å². The van der Waals surface area contributed by atoms with Crippen molar-refractivity contribution in [2.45, 2.75) is 12.5 Å². The van der Waals surface area contributed by atoms with Crippen LogP contribution < -0.4 is 4.74 Å². The van der Waals surface area contributed by atoms with Crippen LogP contribution in [0.5, 0.6) is 5.75 Å². The van der Waals surface area contributed by atoms with Gasteiger partial charge in [0.2, 0.25) is 0 Å². The van der Waals surface area contributed by atoms with Gasteiger partial charge < -0.3 is 9.64 Å². The first-order valence-corrected chi connectivity index (χ1v) is 6.76. The van der Waals surface area contributed by atoms with E-state index in [9.17, 15) is 9.18 Å². The van der Waals surface area contributed by atoms with Gasteiger partial charge in [-0.2, -0.15) is 0 Å². The zero-order valence-electron chi connectivity index (χ0n) is 12.2. The molecule has 1 aliphatic rings. The molecule has 0 radical (unpaired) electrons. The lowest BCUT2D eigenvalue weighted by atomic mass is 10.1. The molecule has 0 spiro atoms. The third-order valence-corrected chi connectivity index (χ3v) is 3.82. The quantitative estimate of drug-likeness (QED) is 0.768. The third-order valence-electron chi connectivity index (χ3n) is 3.82. The van der Waals surface area contributed by atoms with E-state index in [1.54, 1.807) is 6.07 Å². The van der Waals surface area contributed by atoms with Gasteiger partial charge in [-0.1, -0.05) is 0 Å². The van der Waals surface area contributed by atoms with Crippen molar-refractivity contribution in [2.24, 2.45) is 0 Å². The molecule has 0 aliphatic carbocycles. The van der Waals surface area contributed by atoms with E-state index in [1.165, 1.54) is 19.2 Å². The van der Waals surface area contributed by atoms with E-state index in [0.29, 0.717) is 18.2 Å². The molecule has 2 rings (SSSR count). The molecule has 0 bridgehead atoms. The van der Waals surface area contributed by atoms with Crippen LogP contribution in [-0.2, 0) is 0 Å². The van der Waals surface area contributed by atoms with Crippen molar-refractivity contribution < 1.29 is 13.9 Å². The molecule has 0 aromatic heterocycles. The van der Waals surface area contributed by atoms with Gasteiger partial charge in [0.05, 0.1) is 13.7 Å². The lowest BCUT2D eigenvalue weighted by molar-refractivity contribution is 0.0941. The number of rotatable bonds is 5. The molecule has 1 fully saturated rings. The minimum Gasteiger partial charge on any atom is -0.494 e. The SMILES string of the molecule is COc1ccc(C(=O)CN2CCC(N(C)C)C2)cc1F. The van der Waals surface area contributed by atoms with E-state index in [4.69, 9.17) is 4.74 Å². The summed E-state index contributed by atoms with van der Waals surface area (Å²) >= 11 is 0. The standard InChI is InChI=1S/C15H21FN2O2/c1-17(2)12-6-7-18(9-12)10-14(19)11-4-5-15(20-3)13(16)8-11/h4-5,8,12H,6-7,9-10H2,1-3H3. The fourth-order valence-electron chi connectivity index (χ4n) is 2.51. The number of hydrogen-bond acceptors (Lipinski definition) is 4. The summed E-state index contributed by atoms with van der Waals surface area (Å²) in [6, 6.07) is 4.86. The first kappa shape index (κ1) is 14.9. The van der Waals surface area contributed by atoms with E-state index < -0.39 is 5.82 Å². The molecular formula is C15H21FN2O2. The molecule has 1 atom stereocenters. The van der Waals surface area contributed by atoms with E-state index in [2.05, 4.69) is 23.9 Å². The van der Waals surface area contributed by atoms with Crippen LogP contribution in [-0.4, -0.2) is 62.5 Å². The smallest absolute Gasteiger partial charge is 0.176 e. The predicted octanol–water partition coefficient (Wildman–Crippen LogP) is 1.65. The largest absolute Gasteiger partial charge is 0.494 e. The number of ether oxygens (including phenoxy) is 1. The molecule has 0 saturated carbocycles. The lowest BCUT2D eigenvalue weighted by Gasteiger charge is -2.19. The number of carbonyl (C=O) groups is 1. The zero-order chi connectivity index (χ0) is 14.7. The van der Waals surface area contributed by atoms with Crippen molar-refractivity contribution in [2.75, 3.05) is 40.8 Å². The Balaban J connectivity index is 1.97. The number of nitrogens with zero attached hydrogens (tertiary/aromatic N) is 2. The van der Waals surface area contributed by atoms with E-state index in [0.717, 1.165) is 19.5 Å². The monoisotopic (exact) mass is 280 g/mol. The highest BCUT2D eigenvalue weighted by atomic mass is 19.1. The highest BCUT2D eigenvalue weighted by molar-refractivity contribution is 5.97. The Bertz CT molecular complexity index is 491. The summed E-state index contributed by atoms with van der Waals surface area (Å²) in [5.74, 6) is -0.382. The summed E-state index contributed by atoms with van der Waals surface area (Å²) in [6.45, 7) is 2.14. The summed E-state index contributed by atoms with van der Waals surface area (Å²) in [5, 5.41) is 0. The average Bonchev–Trinajstić information content (AvgIpc) is 2.87. The molecule has 20 heavy (non-hydrogen) atoms. The van der Waals surface area contributed by atoms with Crippen LogP contribution in [0.2, 0.25) is 0 Å². The number of methoxy groups -OCH3 is 1. The number of likely N-dealkylation sites (N-methyl/N-ethyl adjacent to an activating group) is 1. The number of likely N-dealkylation sites (tertiary alicyclic amines) is 1. The zero-order valence-corrected chi connectivity index (χ0v) is 12.2. The van der Waals surface area contributed by atoms with Gasteiger partial charge in [0, 0.05) is 24.7 Å². The van der Waals surface area contributed by atoms with Gasteiger partial charge in [-0.3, -0.25) is 9.69 Å². The van der Waals surface area contributed by atoms with Crippen LogP contribution in [0.25, 0.3) is 0 Å². The third kappa shape index (κ3) is 3.35. The number of carbonyl (C=O) groups excluding carboxylic acids is 1. The van der Waals surface area contributed by atoms with Crippen molar-refractivity contribution in [1.29, 1.82) is 0 Å². The van der Waals surface area contributed by atoms with Gasteiger partial charge in [-0.05, 0) is 38.7 Å². The molecular weight excluding hydrogens is 259 g/mol. The van der Waals surface area contributed by atoms with Gasteiger partial charge in [-0.15, -0.1) is 0 Å². The van der Waals surface area contributed by atoms with Crippen molar-refractivity contribution in [1.82, 2.24) is 9.80 Å². The fourth-order valence-corrected chi connectivity index (χ4v) is 2.51. The highest BCUT2D eigenvalue weighted by Crippen LogP contribution is 2.19. The molecule has 1 aromatic rings. The number of Topliss-reactive ketones (excluding diaryl/α,β-unsaturated/α-hetero) is 1. The molecule has 5 heteroatoms. The number of halogens is 1. The minimum absolute atomic E-state index is 0.0500. The van der Waals surface area contributed by atoms with Gasteiger partial charge in [0.25, 0.3) is 0 Å². The molecule has 1 unspecified atom stereocenters. The van der Waals surface area contributed by atoms with Gasteiger partial charge in [0.15, 0.2) is 17.3 Å². The number of hydrogen-bond donors (Lipinski definition) is 0. The summed E-state index contributed by atoms with van der Waals surface area (Å²) in [5.41, 5.74) is 0.400. The summed E-state index contributed by atoms with van der Waals surface area (Å²) in [4.78, 5) is 16.5. The molecule has 110 valence electrons. The van der Waals surface area contributed by atoms with Gasteiger partial charge in [0.1, 0.15) is 0 Å². The summed E-state index contributed by atoms with van der Waals surface area (Å²) in [6.07, 6.45) is 1.07. The maximum atomic E-state index is 13.6. The van der Waals surface area contributed by atoms with Crippen molar-refractivity contribution in [3.05, 3.63) is 29.6 Å². The fraction of sp³-hybridized carbons (Fsp3) is 0.533. The van der Waals surface area contributed by atoms with Gasteiger partial charge >= 0.3 is 0 Å². The summed E-state index contributed by atoms with van der Waals surface area (Å²) < 4.78 is 18.4. The Morgan fingerprint density at radius 2 is 2.25 bits per heavy atom. The molecule has 4 nitrogen and oxygen atoms in total. The Morgan fingerprint density at radius 1 is 1.50 bits per heavy atom. The molecule has 1 saturated heterocycles. The maximum Gasteiger partial charge on any atom is 0.176 e. The first-order valence-electron chi connectivity index (χ1n) is 6.76. The number of ketones is 1. The molecule has 1 aromatic carbocycles. The average molecular weight is 280 g/mol. The van der Waals surface area contributed by atoms with Crippen LogP contribution >= 0.6 is 0 Å². The van der Waals surface area contributed by atoms with Crippen molar-refractivity contribution >= 4 is 5.78 Å². The van der Waals surface area contributed by atoms with E-state index >= 15 is 0 Å². The molecule has 1 aliphatic heterocycles. The van der Waals surface area contributed by atoms with E-state index in [-0.39, 0.29) is 11.5 Å². The minimum atomic E-state index is -0.495. The predicted molar refractivity (Wildman–Crippen MR) is 75.8 cm³/mol. The highest BCUT2D eigenvalue weighted by Gasteiger charge is 2.25. The van der Waals surface area contributed by atoms with Crippen LogP contribution in [0.4, 0.5) is 4.39 Å². The van der Waals surface area contributed by atoms with Crippen molar-refractivity contribution in [3.8, 4) is 5.75 Å². The van der Waals surface area contributed by atoms with Crippen LogP contribution in [0, 0.1) is 5.82 Å². The van der Waals surface area contributed by atoms with Crippen LogP contribution in [0.15, 0.2) is 18.2 Å². The number of benzene rings is 1. The van der Waals surface area contributed by atoms with E-state index in [1.807, 2.05) is 0 Å². The Kier molecular flexibility index (Phi) is 4.73.